The number of anilines is 1. The largest absolute Gasteiger partial charge is 0.436 e. The van der Waals surface area contributed by atoms with Crippen LogP contribution in [0.15, 0.2) is 65.1 Å². The molecule has 0 spiro atoms. The highest BCUT2D eigenvalue weighted by molar-refractivity contribution is 6.32. The molecule has 8 heteroatoms. The molecular weight excluding hydrogens is 430 g/mol. The fourth-order valence-corrected chi connectivity index (χ4v) is 3.55. The minimum absolute atomic E-state index is 0.0398. The number of carbonyl (C=O) groups is 1. The number of oxazole rings is 1. The molecule has 0 saturated heterocycles. The summed E-state index contributed by atoms with van der Waals surface area (Å²) in [6.07, 6.45) is 2.78. The molecule has 4 rings (SSSR count). The highest BCUT2D eigenvalue weighted by atomic mass is 35.5. The Morgan fingerprint density at radius 3 is 2.75 bits per heavy atom. The molecule has 0 aliphatic heterocycles. The van der Waals surface area contributed by atoms with E-state index in [1.54, 1.807) is 24.3 Å². The second-order valence-electron chi connectivity index (χ2n) is 7.32. The number of amides is 1. The van der Waals surface area contributed by atoms with Gasteiger partial charge in [-0.25, -0.2) is 4.98 Å². The molecule has 0 saturated carbocycles. The Hall–Kier alpha value is -3.97. The van der Waals surface area contributed by atoms with Crippen molar-refractivity contribution >= 4 is 46.1 Å². The number of carbonyl (C=O) groups excluding carboxylic acids is 1. The molecule has 4 aromatic rings. The number of rotatable bonds is 5. The summed E-state index contributed by atoms with van der Waals surface area (Å²) in [4.78, 5) is 27.3. The average molecular weight is 448 g/mol. The number of aromatic nitrogens is 1. The van der Waals surface area contributed by atoms with E-state index >= 15 is 0 Å². The predicted octanol–water partition coefficient (Wildman–Crippen LogP) is 6.33. The Balaban J connectivity index is 1.52. The van der Waals surface area contributed by atoms with E-state index in [0.717, 1.165) is 27.8 Å². The molecular formula is C24H18ClN3O4. The van der Waals surface area contributed by atoms with Crippen molar-refractivity contribution in [2.45, 2.75) is 13.8 Å². The van der Waals surface area contributed by atoms with Crippen molar-refractivity contribution in [3.63, 3.8) is 0 Å². The Morgan fingerprint density at radius 1 is 1.16 bits per heavy atom. The zero-order valence-electron chi connectivity index (χ0n) is 17.3. The Labute approximate surface area is 188 Å². The summed E-state index contributed by atoms with van der Waals surface area (Å²) in [6.45, 7) is 3.98. The molecule has 0 atom stereocenters. The van der Waals surface area contributed by atoms with Gasteiger partial charge in [0.15, 0.2) is 5.58 Å². The van der Waals surface area contributed by atoms with E-state index in [2.05, 4.69) is 10.3 Å². The summed E-state index contributed by atoms with van der Waals surface area (Å²) in [5, 5.41) is 13.8. The first-order valence-electron chi connectivity index (χ1n) is 9.71. The van der Waals surface area contributed by atoms with Gasteiger partial charge in [-0.1, -0.05) is 29.8 Å². The van der Waals surface area contributed by atoms with Crippen LogP contribution in [-0.2, 0) is 4.79 Å². The van der Waals surface area contributed by atoms with Gasteiger partial charge in [0, 0.05) is 23.4 Å². The van der Waals surface area contributed by atoms with E-state index in [1.807, 2.05) is 32.0 Å². The van der Waals surface area contributed by atoms with Gasteiger partial charge in [-0.05, 0) is 66.9 Å². The molecule has 0 aliphatic carbocycles. The first kappa shape index (κ1) is 21.3. The first-order valence-corrected chi connectivity index (χ1v) is 10.1. The lowest BCUT2D eigenvalue weighted by atomic mass is 10.1. The molecule has 32 heavy (non-hydrogen) atoms. The summed E-state index contributed by atoms with van der Waals surface area (Å²) in [5.41, 5.74) is 5.20. The normalized spacial score (nSPS) is 11.2. The lowest BCUT2D eigenvalue weighted by Crippen LogP contribution is -2.07. The van der Waals surface area contributed by atoms with Gasteiger partial charge in [0.1, 0.15) is 10.5 Å². The van der Waals surface area contributed by atoms with Gasteiger partial charge in [-0.15, -0.1) is 0 Å². The molecule has 3 aromatic carbocycles. The predicted molar refractivity (Wildman–Crippen MR) is 125 cm³/mol. The maximum absolute atomic E-state index is 12.3. The zero-order valence-corrected chi connectivity index (χ0v) is 18.0. The Kier molecular flexibility index (Phi) is 5.75. The summed E-state index contributed by atoms with van der Waals surface area (Å²) < 4.78 is 5.94. The second kappa shape index (κ2) is 8.64. The molecule has 1 heterocycles. The van der Waals surface area contributed by atoms with Crippen LogP contribution in [0.2, 0.25) is 5.02 Å². The molecule has 0 radical (unpaired) electrons. The van der Waals surface area contributed by atoms with Crippen LogP contribution in [0.1, 0.15) is 16.7 Å². The third kappa shape index (κ3) is 4.53. The number of nitro benzene ring substituents is 1. The maximum Gasteiger partial charge on any atom is 0.288 e. The van der Waals surface area contributed by atoms with Gasteiger partial charge in [-0.3, -0.25) is 14.9 Å². The second-order valence-corrected chi connectivity index (χ2v) is 7.73. The molecule has 1 amide bonds. The van der Waals surface area contributed by atoms with Gasteiger partial charge in [-0.2, -0.15) is 0 Å². The molecule has 0 aliphatic rings. The van der Waals surface area contributed by atoms with Crippen molar-refractivity contribution < 1.29 is 14.1 Å². The van der Waals surface area contributed by atoms with Crippen LogP contribution >= 0.6 is 11.6 Å². The quantitative estimate of drug-likeness (QED) is 0.219. The van der Waals surface area contributed by atoms with Crippen molar-refractivity contribution in [1.29, 1.82) is 0 Å². The van der Waals surface area contributed by atoms with E-state index in [9.17, 15) is 14.9 Å². The monoisotopic (exact) mass is 447 g/mol. The van der Waals surface area contributed by atoms with E-state index in [1.165, 1.54) is 24.3 Å². The van der Waals surface area contributed by atoms with E-state index < -0.39 is 4.92 Å². The van der Waals surface area contributed by atoms with Gasteiger partial charge in [0.25, 0.3) is 5.69 Å². The van der Waals surface area contributed by atoms with E-state index in [4.69, 9.17) is 16.0 Å². The van der Waals surface area contributed by atoms with E-state index in [0.29, 0.717) is 17.1 Å². The van der Waals surface area contributed by atoms with Crippen LogP contribution in [0, 0.1) is 24.0 Å². The zero-order chi connectivity index (χ0) is 22.8. The summed E-state index contributed by atoms with van der Waals surface area (Å²) in [7, 11) is 0. The third-order valence-electron chi connectivity index (χ3n) is 4.79. The smallest absolute Gasteiger partial charge is 0.288 e. The van der Waals surface area contributed by atoms with Crippen molar-refractivity contribution in [1.82, 2.24) is 4.98 Å². The Bertz CT molecular complexity index is 1390. The SMILES string of the molecule is Cc1cc(C)c2oc(-c3cccc(NC(=O)C=Cc4ccc(Cl)c([N+](=O)[O-])c4)c3)nc2c1. The number of halogens is 1. The minimum Gasteiger partial charge on any atom is -0.436 e. The molecule has 1 N–H and O–H groups in total. The minimum atomic E-state index is -0.569. The van der Waals surface area contributed by atoms with Crippen LogP contribution in [-0.4, -0.2) is 15.8 Å². The number of nitrogens with zero attached hydrogens (tertiary/aromatic N) is 2. The van der Waals surface area contributed by atoms with Crippen LogP contribution in [0.25, 0.3) is 28.6 Å². The molecule has 0 fully saturated rings. The molecule has 160 valence electrons. The molecule has 0 bridgehead atoms. The van der Waals surface area contributed by atoms with E-state index in [-0.39, 0.29) is 16.6 Å². The molecule has 7 nitrogen and oxygen atoms in total. The summed E-state index contributed by atoms with van der Waals surface area (Å²) >= 11 is 5.81. The van der Waals surface area contributed by atoms with Crippen molar-refractivity contribution in [3.05, 3.63) is 92.5 Å². The number of hydrogen-bond donors (Lipinski definition) is 1. The number of benzene rings is 3. The molecule has 1 aromatic heterocycles. The molecule has 0 unspecified atom stereocenters. The highest BCUT2D eigenvalue weighted by Gasteiger charge is 2.13. The maximum atomic E-state index is 12.3. The number of aryl methyl sites for hydroxylation is 2. The van der Waals surface area contributed by atoms with Crippen molar-refractivity contribution in [3.8, 4) is 11.5 Å². The number of fused-ring (bicyclic) bond motifs is 1. The third-order valence-corrected chi connectivity index (χ3v) is 5.11. The fourth-order valence-electron chi connectivity index (χ4n) is 3.36. The standard InChI is InChI=1S/C24H18ClN3O4/c1-14-10-15(2)23-20(11-14)27-24(32-23)17-4-3-5-18(13-17)26-22(29)9-7-16-6-8-19(25)21(12-16)28(30)31/h3-13H,1-2H3,(H,26,29). The lowest BCUT2D eigenvalue weighted by Gasteiger charge is -2.04. The average Bonchev–Trinajstić information content (AvgIpc) is 3.17. The van der Waals surface area contributed by atoms with Crippen LogP contribution in [0.5, 0.6) is 0 Å². The topological polar surface area (TPSA) is 98.3 Å². The van der Waals surface area contributed by atoms with Gasteiger partial charge >= 0.3 is 0 Å². The van der Waals surface area contributed by atoms with Gasteiger partial charge < -0.3 is 9.73 Å². The highest BCUT2D eigenvalue weighted by Crippen LogP contribution is 2.29. The fraction of sp³-hybridized carbons (Fsp3) is 0.0833. The van der Waals surface area contributed by atoms with Gasteiger partial charge in [0.2, 0.25) is 11.8 Å². The summed E-state index contributed by atoms with van der Waals surface area (Å²) in [6, 6.07) is 15.5. The van der Waals surface area contributed by atoms with Crippen LogP contribution in [0.3, 0.4) is 0 Å². The van der Waals surface area contributed by atoms with Crippen molar-refractivity contribution in [2.75, 3.05) is 5.32 Å². The van der Waals surface area contributed by atoms with Crippen molar-refractivity contribution in [2.24, 2.45) is 0 Å². The number of hydrogen-bond acceptors (Lipinski definition) is 5. The van der Waals surface area contributed by atoms with Crippen LogP contribution in [0.4, 0.5) is 11.4 Å². The summed E-state index contributed by atoms with van der Waals surface area (Å²) in [5.74, 6) is 0.0811. The van der Waals surface area contributed by atoms with Gasteiger partial charge in [0.05, 0.1) is 4.92 Å². The van der Waals surface area contributed by atoms with Crippen LogP contribution < -0.4 is 5.32 Å². The number of nitro groups is 1. The number of nitrogens with one attached hydrogen (secondary N) is 1. The first-order chi connectivity index (χ1) is 15.3. The lowest BCUT2D eigenvalue weighted by molar-refractivity contribution is -0.384. The Morgan fingerprint density at radius 2 is 1.97 bits per heavy atom.